The molecule has 0 saturated carbocycles. The quantitative estimate of drug-likeness (QED) is 0.640. The summed E-state index contributed by atoms with van der Waals surface area (Å²) in [7, 11) is 0. The summed E-state index contributed by atoms with van der Waals surface area (Å²) in [6, 6.07) is 2.17. The number of nitrogens with one attached hydrogen (secondary N) is 1. The maximum Gasteiger partial charge on any atom is 0.0314 e. The van der Waals surface area contributed by atoms with Gasteiger partial charge in [-0.1, -0.05) is 0 Å². The minimum Gasteiger partial charge on any atom is -0.312 e. The number of hydrogen-bond donors (Lipinski definition) is 1. The van der Waals surface area contributed by atoms with Crippen LogP contribution in [0.2, 0.25) is 0 Å². The Hall–Kier alpha value is -0.300. The molecule has 0 aliphatic heterocycles. The van der Waals surface area contributed by atoms with Crippen molar-refractivity contribution in [3.63, 3.8) is 0 Å². The Morgan fingerprint density at radius 2 is 2.43 bits per heavy atom. The van der Waals surface area contributed by atoms with Crippen LogP contribution in [0.3, 0.4) is 0 Å². The van der Waals surface area contributed by atoms with Crippen LogP contribution in [0.15, 0.2) is 10.5 Å². The smallest absolute Gasteiger partial charge is 0.0314 e. The van der Waals surface area contributed by atoms with Crippen LogP contribution in [0.25, 0.3) is 0 Å². The van der Waals surface area contributed by atoms with Crippen LogP contribution in [-0.4, -0.2) is 6.54 Å². The average Bonchev–Trinajstić information content (AvgIpc) is 2.46. The van der Waals surface area contributed by atoms with Gasteiger partial charge < -0.3 is 5.32 Å². The summed E-state index contributed by atoms with van der Waals surface area (Å²) in [6.07, 6.45) is 7.08. The van der Waals surface area contributed by atoms with E-state index in [0.717, 1.165) is 25.9 Å². The van der Waals surface area contributed by atoms with Crippen molar-refractivity contribution in [1.82, 2.24) is 5.32 Å². The summed E-state index contributed by atoms with van der Waals surface area (Å²) < 4.78 is 1.21. The molecule has 0 spiro atoms. The lowest BCUT2D eigenvalue weighted by Gasteiger charge is -1.99. The molecule has 1 aromatic rings. The number of thiophene rings is 1. The highest BCUT2D eigenvalue weighted by Crippen LogP contribution is 2.25. The third kappa shape index (κ3) is 3.83. The molecule has 14 heavy (non-hydrogen) atoms. The van der Waals surface area contributed by atoms with Gasteiger partial charge in [-0.05, 0) is 41.9 Å². The number of rotatable bonds is 5. The van der Waals surface area contributed by atoms with Gasteiger partial charge in [0, 0.05) is 27.2 Å². The van der Waals surface area contributed by atoms with Gasteiger partial charge in [0.25, 0.3) is 0 Å². The molecule has 0 saturated heterocycles. The molecule has 0 fully saturated rings. The van der Waals surface area contributed by atoms with Gasteiger partial charge >= 0.3 is 0 Å². The molecular weight excluding hydrogens is 258 g/mol. The molecule has 0 atom stereocenters. The Morgan fingerprint density at radius 1 is 1.64 bits per heavy atom. The van der Waals surface area contributed by atoms with Gasteiger partial charge in [-0.25, -0.2) is 0 Å². The fraction of sp³-hybridized carbons (Fsp3) is 0.455. The van der Waals surface area contributed by atoms with Crippen LogP contribution in [0, 0.1) is 19.3 Å². The fourth-order valence-corrected chi connectivity index (χ4v) is 2.70. The Balaban J connectivity index is 2.22. The zero-order valence-corrected chi connectivity index (χ0v) is 10.7. The Bertz CT molecular complexity index is 305. The topological polar surface area (TPSA) is 12.0 Å². The van der Waals surface area contributed by atoms with Gasteiger partial charge in [0.15, 0.2) is 0 Å². The van der Waals surface area contributed by atoms with E-state index in [1.807, 2.05) is 11.3 Å². The van der Waals surface area contributed by atoms with Gasteiger partial charge in [0.1, 0.15) is 0 Å². The Morgan fingerprint density at radius 3 is 3.00 bits per heavy atom. The second kappa shape index (κ2) is 6.23. The predicted octanol–water partition coefficient (Wildman–Crippen LogP) is 3.32. The highest BCUT2D eigenvalue weighted by Gasteiger charge is 2.01. The van der Waals surface area contributed by atoms with Crippen molar-refractivity contribution in [2.24, 2.45) is 0 Å². The maximum atomic E-state index is 5.16. The van der Waals surface area contributed by atoms with Crippen molar-refractivity contribution in [3.8, 4) is 12.3 Å². The minimum absolute atomic E-state index is 0.861. The van der Waals surface area contributed by atoms with Crippen molar-refractivity contribution in [2.45, 2.75) is 26.3 Å². The lowest BCUT2D eigenvalue weighted by Crippen LogP contribution is -2.13. The van der Waals surface area contributed by atoms with Crippen LogP contribution in [0.1, 0.15) is 22.6 Å². The van der Waals surface area contributed by atoms with Gasteiger partial charge in [-0.15, -0.1) is 23.7 Å². The molecule has 0 aliphatic rings. The second-order valence-corrected chi connectivity index (χ2v) is 5.30. The lowest BCUT2D eigenvalue weighted by molar-refractivity contribution is 0.664. The van der Waals surface area contributed by atoms with Crippen LogP contribution in [0.5, 0.6) is 0 Å². The summed E-state index contributed by atoms with van der Waals surface area (Å²) in [5, 5.41) is 3.37. The SMILES string of the molecule is C#CCCCNCc1cc(Br)c(C)s1. The third-order valence-corrected chi connectivity index (χ3v) is 4.02. The first kappa shape index (κ1) is 11.8. The van der Waals surface area contributed by atoms with Crippen molar-refractivity contribution in [3.05, 3.63) is 20.3 Å². The summed E-state index contributed by atoms with van der Waals surface area (Å²) in [5.41, 5.74) is 0. The first-order chi connectivity index (χ1) is 6.74. The van der Waals surface area contributed by atoms with Crippen molar-refractivity contribution in [2.75, 3.05) is 6.54 Å². The summed E-state index contributed by atoms with van der Waals surface area (Å²) in [5.74, 6) is 2.63. The Labute approximate surface area is 98.0 Å². The van der Waals surface area contributed by atoms with Crippen LogP contribution in [0.4, 0.5) is 0 Å². The van der Waals surface area contributed by atoms with E-state index in [-0.39, 0.29) is 0 Å². The normalized spacial score (nSPS) is 10.1. The number of hydrogen-bond acceptors (Lipinski definition) is 2. The molecule has 1 rings (SSSR count). The van der Waals surface area contributed by atoms with Gasteiger partial charge in [-0.3, -0.25) is 0 Å². The fourth-order valence-electron chi connectivity index (χ4n) is 1.13. The van der Waals surface area contributed by atoms with Crippen molar-refractivity contribution < 1.29 is 0 Å². The van der Waals surface area contributed by atoms with E-state index in [4.69, 9.17) is 6.42 Å². The van der Waals surface area contributed by atoms with Crippen LogP contribution < -0.4 is 5.32 Å². The van der Waals surface area contributed by atoms with Gasteiger partial charge in [0.2, 0.25) is 0 Å². The van der Waals surface area contributed by atoms with E-state index < -0.39 is 0 Å². The second-order valence-electron chi connectivity index (χ2n) is 3.10. The number of aryl methyl sites for hydroxylation is 1. The monoisotopic (exact) mass is 271 g/mol. The molecule has 0 aromatic carbocycles. The maximum absolute atomic E-state index is 5.16. The Kier molecular flexibility index (Phi) is 5.24. The average molecular weight is 272 g/mol. The molecule has 0 bridgehead atoms. The highest BCUT2D eigenvalue weighted by molar-refractivity contribution is 9.10. The molecule has 1 nitrogen and oxygen atoms in total. The summed E-state index contributed by atoms with van der Waals surface area (Å²) >= 11 is 5.33. The third-order valence-electron chi connectivity index (χ3n) is 1.88. The van der Waals surface area contributed by atoms with E-state index in [0.29, 0.717) is 0 Å². The molecule has 1 heterocycles. The molecular formula is C11H14BrNS. The van der Waals surface area contributed by atoms with E-state index in [9.17, 15) is 0 Å². The van der Waals surface area contributed by atoms with Gasteiger partial charge in [0.05, 0.1) is 0 Å². The predicted molar refractivity (Wildman–Crippen MR) is 66.5 cm³/mol. The lowest BCUT2D eigenvalue weighted by atomic mass is 10.3. The first-order valence-electron chi connectivity index (χ1n) is 4.63. The van der Waals surface area contributed by atoms with Crippen LogP contribution in [-0.2, 0) is 6.54 Å². The minimum atomic E-state index is 0.861. The van der Waals surface area contributed by atoms with E-state index in [2.05, 4.69) is 40.2 Å². The molecule has 1 aromatic heterocycles. The largest absolute Gasteiger partial charge is 0.312 e. The summed E-state index contributed by atoms with van der Waals surface area (Å²) in [6.45, 7) is 4.07. The molecule has 1 N–H and O–H groups in total. The standard InChI is InChI=1S/C11H14BrNS/c1-3-4-5-6-13-8-10-7-11(12)9(2)14-10/h1,7,13H,4-6,8H2,2H3. The van der Waals surface area contributed by atoms with Crippen molar-refractivity contribution in [1.29, 1.82) is 0 Å². The molecule has 0 amide bonds. The molecule has 76 valence electrons. The molecule has 0 radical (unpaired) electrons. The van der Waals surface area contributed by atoms with E-state index >= 15 is 0 Å². The molecule has 3 heteroatoms. The number of terminal acetylenes is 1. The first-order valence-corrected chi connectivity index (χ1v) is 6.24. The molecule has 0 unspecified atom stereocenters. The zero-order chi connectivity index (χ0) is 10.4. The molecule has 0 aliphatic carbocycles. The van der Waals surface area contributed by atoms with Gasteiger partial charge in [-0.2, -0.15) is 0 Å². The number of halogens is 1. The number of unbranched alkanes of at least 4 members (excludes halogenated alkanes) is 1. The van der Waals surface area contributed by atoms with E-state index in [1.165, 1.54) is 14.2 Å². The highest BCUT2D eigenvalue weighted by atomic mass is 79.9. The van der Waals surface area contributed by atoms with E-state index in [1.54, 1.807) is 0 Å². The zero-order valence-electron chi connectivity index (χ0n) is 8.27. The van der Waals surface area contributed by atoms with Crippen molar-refractivity contribution >= 4 is 27.3 Å². The van der Waals surface area contributed by atoms with Crippen LogP contribution >= 0.6 is 27.3 Å². The summed E-state index contributed by atoms with van der Waals surface area (Å²) in [4.78, 5) is 2.71.